The van der Waals surface area contributed by atoms with E-state index in [4.69, 9.17) is 0 Å². The monoisotopic (exact) mass is 292 g/mol. The van der Waals surface area contributed by atoms with Gasteiger partial charge in [-0.1, -0.05) is 30.3 Å². The van der Waals surface area contributed by atoms with Gasteiger partial charge in [0, 0.05) is 13.1 Å². The van der Waals surface area contributed by atoms with Gasteiger partial charge in [0.2, 0.25) is 0 Å². The van der Waals surface area contributed by atoms with Crippen molar-refractivity contribution in [2.75, 3.05) is 11.4 Å². The van der Waals surface area contributed by atoms with Crippen LogP contribution < -0.4 is 4.90 Å². The SMILES string of the molecule is FC(F)(F)c1ccc2c(n1)CCCN2Cc1ccccc1. The zero-order valence-corrected chi connectivity index (χ0v) is 11.4. The summed E-state index contributed by atoms with van der Waals surface area (Å²) >= 11 is 0. The Balaban J connectivity index is 1.88. The van der Waals surface area contributed by atoms with Crippen molar-refractivity contribution in [3.05, 3.63) is 59.4 Å². The summed E-state index contributed by atoms with van der Waals surface area (Å²) in [6, 6.07) is 12.5. The lowest BCUT2D eigenvalue weighted by atomic mass is 10.1. The Hall–Kier alpha value is -2.04. The third-order valence-corrected chi connectivity index (χ3v) is 3.64. The fraction of sp³-hybridized carbons (Fsp3) is 0.312. The van der Waals surface area contributed by atoms with Crippen LogP contribution in [0.4, 0.5) is 18.9 Å². The van der Waals surface area contributed by atoms with E-state index in [-0.39, 0.29) is 0 Å². The molecule has 2 aromatic rings. The van der Waals surface area contributed by atoms with E-state index in [2.05, 4.69) is 9.88 Å². The molecule has 1 aromatic heterocycles. The molecule has 0 N–H and O–H groups in total. The second-order valence-electron chi connectivity index (χ2n) is 5.17. The summed E-state index contributed by atoms with van der Waals surface area (Å²) in [6.07, 6.45) is -2.95. The van der Waals surface area contributed by atoms with Gasteiger partial charge in [-0.05, 0) is 30.5 Å². The third-order valence-electron chi connectivity index (χ3n) is 3.64. The number of aromatic nitrogens is 1. The summed E-state index contributed by atoms with van der Waals surface area (Å²) in [5, 5.41) is 0. The van der Waals surface area contributed by atoms with Gasteiger partial charge in [0.25, 0.3) is 0 Å². The van der Waals surface area contributed by atoms with E-state index in [1.165, 1.54) is 0 Å². The predicted octanol–water partition coefficient (Wildman–Crippen LogP) is 4.05. The molecule has 5 heteroatoms. The normalized spacial score (nSPS) is 14.9. The van der Waals surface area contributed by atoms with Crippen LogP contribution in [0.25, 0.3) is 0 Å². The van der Waals surface area contributed by atoms with Gasteiger partial charge in [0.1, 0.15) is 5.69 Å². The fourth-order valence-electron chi connectivity index (χ4n) is 2.65. The quantitative estimate of drug-likeness (QED) is 0.830. The molecule has 2 nitrogen and oxygen atoms in total. The highest BCUT2D eigenvalue weighted by Crippen LogP contribution is 2.33. The van der Waals surface area contributed by atoms with E-state index >= 15 is 0 Å². The van der Waals surface area contributed by atoms with Crippen LogP contribution in [0.3, 0.4) is 0 Å². The van der Waals surface area contributed by atoms with Crippen molar-refractivity contribution in [1.82, 2.24) is 4.98 Å². The molecule has 2 heterocycles. The van der Waals surface area contributed by atoms with Crippen molar-refractivity contribution in [2.24, 2.45) is 0 Å². The van der Waals surface area contributed by atoms with E-state index < -0.39 is 11.9 Å². The molecule has 0 spiro atoms. The van der Waals surface area contributed by atoms with Gasteiger partial charge in [-0.15, -0.1) is 0 Å². The second kappa shape index (κ2) is 5.39. The molecular weight excluding hydrogens is 277 g/mol. The predicted molar refractivity (Wildman–Crippen MR) is 75.1 cm³/mol. The van der Waals surface area contributed by atoms with Crippen molar-refractivity contribution in [3.63, 3.8) is 0 Å². The molecule has 21 heavy (non-hydrogen) atoms. The van der Waals surface area contributed by atoms with Crippen molar-refractivity contribution in [1.29, 1.82) is 0 Å². The summed E-state index contributed by atoms with van der Waals surface area (Å²) in [5.74, 6) is 0. The smallest absolute Gasteiger partial charge is 0.366 e. The highest BCUT2D eigenvalue weighted by atomic mass is 19.4. The Bertz CT molecular complexity index is 623. The fourth-order valence-corrected chi connectivity index (χ4v) is 2.65. The lowest BCUT2D eigenvalue weighted by Gasteiger charge is -2.31. The maximum Gasteiger partial charge on any atom is 0.433 e. The van der Waals surface area contributed by atoms with Gasteiger partial charge >= 0.3 is 6.18 Å². The van der Waals surface area contributed by atoms with Crippen LogP contribution in [-0.2, 0) is 19.1 Å². The minimum Gasteiger partial charge on any atom is -0.366 e. The maximum absolute atomic E-state index is 12.7. The highest BCUT2D eigenvalue weighted by Gasteiger charge is 2.33. The molecule has 0 atom stereocenters. The number of nitrogens with zero attached hydrogens (tertiary/aromatic N) is 2. The largest absolute Gasteiger partial charge is 0.433 e. The first kappa shape index (κ1) is 13.9. The average Bonchev–Trinajstić information content (AvgIpc) is 2.47. The van der Waals surface area contributed by atoms with Crippen LogP contribution in [0.5, 0.6) is 0 Å². The molecule has 0 bridgehead atoms. The number of rotatable bonds is 2. The van der Waals surface area contributed by atoms with Gasteiger partial charge in [-0.2, -0.15) is 13.2 Å². The van der Waals surface area contributed by atoms with Crippen LogP contribution in [0.1, 0.15) is 23.4 Å². The van der Waals surface area contributed by atoms with Crippen LogP contribution in [-0.4, -0.2) is 11.5 Å². The lowest BCUT2D eigenvalue weighted by molar-refractivity contribution is -0.141. The molecule has 0 aliphatic carbocycles. The van der Waals surface area contributed by atoms with Gasteiger partial charge in [-0.25, -0.2) is 4.98 Å². The van der Waals surface area contributed by atoms with Gasteiger partial charge in [0.15, 0.2) is 0 Å². The number of anilines is 1. The van der Waals surface area contributed by atoms with Gasteiger partial charge < -0.3 is 4.90 Å². The number of aryl methyl sites for hydroxylation is 1. The number of hydrogen-bond acceptors (Lipinski definition) is 2. The number of hydrogen-bond donors (Lipinski definition) is 0. The lowest BCUT2D eigenvalue weighted by Crippen LogP contribution is -2.30. The molecule has 0 fully saturated rings. The van der Waals surface area contributed by atoms with E-state index in [1.54, 1.807) is 6.07 Å². The van der Waals surface area contributed by atoms with Crippen molar-refractivity contribution >= 4 is 5.69 Å². The van der Waals surface area contributed by atoms with Gasteiger partial charge in [0.05, 0.1) is 11.4 Å². The Kier molecular flexibility index (Phi) is 3.57. The number of alkyl halides is 3. The number of pyridine rings is 1. The number of halogens is 3. The zero-order chi connectivity index (χ0) is 14.9. The zero-order valence-electron chi connectivity index (χ0n) is 11.4. The third kappa shape index (κ3) is 3.01. The van der Waals surface area contributed by atoms with Crippen LogP contribution in [0.2, 0.25) is 0 Å². The Morgan fingerprint density at radius 3 is 2.52 bits per heavy atom. The van der Waals surface area contributed by atoms with E-state index in [0.717, 1.165) is 30.3 Å². The van der Waals surface area contributed by atoms with E-state index in [0.29, 0.717) is 18.7 Å². The molecule has 110 valence electrons. The average molecular weight is 292 g/mol. The molecule has 1 aromatic carbocycles. The Morgan fingerprint density at radius 1 is 1.05 bits per heavy atom. The minimum absolute atomic E-state index is 0.548. The van der Waals surface area contributed by atoms with E-state index in [1.807, 2.05) is 30.3 Å². The summed E-state index contributed by atoms with van der Waals surface area (Å²) < 4.78 is 38.2. The van der Waals surface area contributed by atoms with Crippen molar-refractivity contribution in [2.45, 2.75) is 25.6 Å². The first-order chi connectivity index (χ1) is 10.0. The highest BCUT2D eigenvalue weighted by molar-refractivity contribution is 5.53. The van der Waals surface area contributed by atoms with Crippen molar-refractivity contribution < 1.29 is 13.2 Å². The minimum atomic E-state index is -4.38. The van der Waals surface area contributed by atoms with Crippen LogP contribution in [0, 0.1) is 0 Å². The molecule has 0 saturated carbocycles. The van der Waals surface area contributed by atoms with E-state index in [9.17, 15) is 13.2 Å². The topological polar surface area (TPSA) is 16.1 Å². The number of benzene rings is 1. The molecule has 0 saturated heterocycles. The first-order valence-corrected chi connectivity index (χ1v) is 6.90. The maximum atomic E-state index is 12.7. The summed E-state index contributed by atoms with van der Waals surface area (Å²) in [5.41, 5.74) is 1.71. The van der Waals surface area contributed by atoms with Gasteiger partial charge in [-0.3, -0.25) is 0 Å². The van der Waals surface area contributed by atoms with Crippen LogP contribution in [0.15, 0.2) is 42.5 Å². The standard InChI is InChI=1S/C16H15F3N2/c17-16(18,19)15-9-8-14-13(20-15)7-4-10-21(14)11-12-5-2-1-3-6-12/h1-3,5-6,8-9H,4,7,10-11H2. The molecular formula is C16H15F3N2. The molecule has 0 radical (unpaired) electrons. The molecule has 0 amide bonds. The van der Waals surface area contributed by atoms with Crippen LogP contribution >= 0.6 is 0 Å². The molecule has 3 rings (SSSR count). The molecule has 1 aliphatic rings. The Morgan fingerprint density at radius 2 is 1.81 bits per heavy atom. The summed E-state index contributed by atoms with van der Waals surface area (Å²) in [7, 11) is 0. The summed E-state index contributed by atoms with van der Waals surface area (Å²) in [6.45, 7) is 1.54. The number of fused-ring (bicyclic) bond motifs is 1. The van der Waals surface area contributed by atoms with Crippen molar-refractivity contribution in [3.8, 4) is 0 Å². The summed E-state index contributed by atoms with van der Waals surface area (Å²) in [4.78, 5) is 5.91. The Labute approximate surface area is 121 Å². The first-order valence-electron chi connectivity index (χ1n) is 6.90. The molecule has 1 aliphatic heterocycles. The second-order valence-corrected chi connectivity index (χ2v) is 5.17. The molecule has 0 unspecified atom stereocenters.